The summed E-state index contributed by atoms with van der Waals surface area (Å²) in [6.45, 7) is 6.53. The Morgan fingerprint density at radius 2 is 0.871 bits per heavy atom. The molecule has 1 nitrogen and oxygen atoms in total. The first kappa shape index (κ1) is 40.0. The molecule has 62 heavy (non-hydrogen) atoms. The summed E-state index contributed by atoms with van der Waals surface area (Å²) < 4.78 is 0. The van der Waals surface area contributed by atoms with Gasteiger partial charge in [-0.3, -0.25) is 0 Å². The van der Waals surface area contributed by atoms with Gasteiger partial charge in [0.2, 0.25) is 0 Å². The van der Waals surface area contributed by atoms with Crippen LogP contribution >= 0.6 is 0 Å². The fourth-order valence-corrected chi connectivity index (χ4v) is 8.68. The summed E-state index contributed by atoms with van der Waals surface area (Å²) in [6.07, 6.45) is 16.5. The number of nitrogens with zero attached hydrogens (tertiary/aromatic N) is 1. The normalized spacial score (nSPS) is 14.9. The van der Waals surface area contributed by atoms with Crippen LogP contribution in [0.15, 0.2) is 243 Å². The molecule has 9 rings (SSSR count). The van der Waals surface area contributed by atoms with Crippen molar-refractivity contribution in [2.75, 3.05) is 4.90 Å². The summed E-state index contributed by atoms with van der Waals surface area (Å²) in [4.78, 5) is 2.37. The topological polar surface area (TPSA) is 3.24 Å². The number of hydrogen-bond donors (Lipinski definition) is 0. The van der Waals surface area contributed by atoms with Crippen LogP contribution in [0, 0.1) is 0 Å². The van der Waals surface area contributed by atoms with E-state index < -0.39 is 0 Å². The van der Waals surface area contributed by atoms with Gasteiger partial charge in [0.05, 0.1) is 0 Å². The molecule has 1 aliphatic rings. The molecule has 8 aromatic carbocycles. The van der Waals surface area contributed by atoms with E-state index in [2.05, 4.69) is 268 Å². The molecule has 0 N–H and O–H groups in total. The second kappa shape index (κ2) is 18.0. The molecular weight excluding hydrogens is 747 g/mol. The van der Waals surface area contributed by atoms with Gasteiger partial charge < -0.3 is 4.90 Å². The number of allylic oxidation sites excluding steroid dienone is 8. The third-order valence-electron chi connectivity index (χ3n) is 12.2. The van der Waals surface area contributed by atoms with Gasteiger partial charge in [0, 0.05) is 22.5 Å². The average Bonchev–Trinajstić information content (AvgIpc) is 3.35. The Bertz CT molecular complexity index is 2880. The first-order valence-electron chi connectivity index (χ1n) is 21.7. The number of rotatable bonds is 11. The maximum absolute atomic E-state index is 2.37. The molecule has 1 atom stereocenters. The summed E-state index contributed by atoms with van der Waals surface area (Å²) >= 11 is 0. The van der Waals surface area contributed by atoms with Crippen LogP contribution in [0.2, 0.25) is 0 Å². The van der Waals surface area contributed by atoms with Gasteiger partial charge in [-0.2, -0.15) is 0 Å². The van der Waals surface area contributed by atoms with Crippen molar-refractivity contribution >= 4 is 22.6 Å². The van der Waals surface area contributed by atoms with E-state index in [1.807, 2.05) is 0 Å². The molecule has 0 radical (unpaired) electrons. The van der Waals surface area contributed by atoms with E-state index in [1.165, 1.54) is 72.3 Å². The number of hydrogen-bond acceptors (Lipinski definition) is 1. The van der Waals surface area contributed by atoms with Crippen LogP contribution in [0.5, 0.6) is 0 Å². The lowest BCUT2D eigenvalue weighted by molar-refractivity contribution is 0.600. The molecule has 1 heteroatoms. The van der Waals surface area contributed by atoms with Crippen LogP contribution in [0.4, 0.5) is 17.1 Å². The molecule has 0 aliphatic heterocycles. The molecular formula is C61H51N. The van der Waals surface area contributed by atoms with Gasteiger partial charge in [-0.15, -0.1) is 0 Å². The SMILES string of the molecule is C/C=C\C(=C/C)c1cc(N(c2ccc(-c3ccccc3)cc2)c2ccc(-c3ccc(-c4ccccc4)cc3)cc2)ccc1-c1ccc(-c2ccc(C3(C)C=CC=CC3)cc2)cc1. The van der Waals surface area contributed by atoms with Crippen molar-refractivity contribution in [3.8, 4) is 55.6 Å². The lowest BCUT2D eigenvalue weighted by Gasteiger charge is -2.27. The molecule has 0 bridgehead atoms. The Labute approximate surface area is 368 Å². The Kier molecular flexibility index (Phi) is 11.6. The Morgan fingerprint density at radius 1 is 0.452 bits per heavy atom. The zero-order chi connectivity index (χ0) is 42.3. The standard InChI is InChI=1S/C61H51N/c1-4-15-45(5-2)60-44-58(40-41-59(60)54-26-24-50(25-27-54)51-28-34-55(35-29-51)61(3)42-13-8-14-43-61)62(56-36-30-52(31-37-56)47-18-11-7-12-19-47)57-38-32-53(33-39-57)49-22-20-48(21-23-49)46-16-9-6-10-17-46/h4-42,44H,43H2,1-3H3/b15-4-,45-5+. The van der Waals surface area contributed by atoms with Crippen LogP contribution in [0.25, 0.3) is 61.2 Å². The molecule has 0 fully saturated rings. The lowest BCUT2D eigenvalue weighted by atomic mass is 9.77. The lowest BCUT2D eigenvalue weighted by Crippen LogP contribution is -2.19. The van der Waals surface area contributed by atoms with Gasteiger partial charge >= 0.3 is 0 Å². The van der Waals surface area contributed by atoms with Crippen molar-refractivity contribution in [1.29, 1.82) is 0 Å². The van der Waals surface area contributed by atoms with Crippen molar-refractivity contribution in [2.24, 2.45) is 0 Å². The van der Waals surface area contributed by atoms with Crippen molar-refractivity contribution in [3.63, 3.8) is 0 Å². The van der Waals surface area contributed by atoms with E-state index >= 15 is 0 Å². The van der Waals surface area contributed by atoms with E-state index in [-0.39, 0.29) is 5.41 Å². The maximum atomic E-state index is 2.37. The average molecular weight is 798 g/mol. The smallest absolute Gasteiger partial charge is 0.0468 e. The minimum atomic E-state index is 0.0394. The van der Waals surface area contributed by atoms with E-state index in [9.17, 15) is 0 Å². The number of anilines is 3. The molecule has 8 aromatic rings. The van der Waals surface area contributed by atoms with Crippen LogP contribution in [-0.4, -0.2) is 0 Å². The fourth-order valence-electron chi connectivity index (χ4n) is 8.68. The van der Waals surface area contributed by atoms with Crippen molar-refractivity contribution in [3.05, 3.63) is 254 Å². The molecule has 0 saturated carbocycles. The second-order valence-electron chi connectivity index (χ2n) is 16.3. The predicted molar refractivity (Wildman–Crippen MR) is 267 cm³/mol. The second-order valence-corrected chi connectivity index (χ2v) is 16.3. The minimum Gasteiger partial charge on any atom is -0.310 e. The summed E-state index contributed by atoms with van der Waals surface area (Å²) in [5.74, 6) is 0. The first-order chi connectivity index (χ1) is 30.5. The van der Waals surface area contributed by atoms with Gasteiger partial charge in [-0.25, -0.2) is 0 Å². The van der Waals surface area contributed by atoms with Crippen molar-refractivity contribution in [2.45, 2.75) is 32.6 Å². The van der Waals surface area contributed by atoms with Crippen molar-refractivity contribution in [1.82, 2.24) is 0 Å². The highest BCUT2D eigenvalue weighted by atomic mass is 15.1. The molecule has 0 spiro atoms. The van der Waals surface area contributed by atoms with E-state index in [4.69, 9.17) is 0 Å². The Hall–Kier alpha value is -7.48. The highest BCUT2D eigenvalue weighted by molar-refractivity contribution is 5.90. The van der Waals surface area contributed by atoms with E-state index in [0.717, 1.165) is 23.5 Å². The van der Waals surface area contributed by atoms with Gasteiger partial charge in [0.15, 0.2) is 0 Å². The van der Waals surface area contributed by atoms with Crippen molar-refractivity contribution < 1.29 is 0 Å². The zero-order valence-electron chi connectivity index (χ0n) is 35.7. The zero-order valence-corrected chi connectivity index (χ0v) is 35.7. The maximum Gasteiger partial charge on any atom is 0.0468 e. The fraction of sp³-hybridized carbons (Fsp3) is 0.0820. The summed E-state index contributed by atoms with van der Waals surface area (Å²) in [6, 6.07) is 73.0. The Morgan fingerprint density at radius 3 is 1.31 bits per heavy atom. The molecule has 1 aliphatic carbocycles. The highest BCUT2D eigenvalue weighted by Crippen LogP contribution is 2.41. The Balaban J connectivity index is 1.07. The van der Waals surface area contributed by atoms with Crippen LogP contribution in [-0.2, 0) is 5.41 Å². The molecule has 1 unspecified atom stereocenters. The predicted octanol–water partition coefficient (Wildman–Crippen LogP) is 17.2. The molecule has 300 valence electrons. The minimum absolute atomic E-state index is 0.0394. The monoisotopic (exact) mass is 797 g/mol. The molecule has 0 saturated heterocycles. The molecule has 0 aromatic heterocycles. The molecule has 0 amide bonds. The van der Waals surface area contributed by atoms with E-state index in [1.54, 1.807) is 0 Å². The van der Waals surface area contributed by atoms with Gasteiger partial charge in [-0.1, -0.05) is 213 Å². The largest absolute Gasteiger partial charge is 0.310 e. The first-order valence-corrected chi connectivity index (χ1v) is 21.7. The van der Waals surface area contributed by atoms with Crippen LogP contribution < -0.4 is 4.90 Å². The van der Waals surface area contributed by atoms with Gasteiger partial charge in [-0.05, 0) is 129 Å². The summed E-state index contributed by atoms with van der Waals surface area (Å²) in [7, 11) is 0. The third kappa shape index (κ3) is 8.44. The van der Waals surface area contributed by atoms with Crippen LogP contribution in [0.3, 0.4) is 0 Å². The van der Waals surface area contributed by atoms with Crippen LogP contribution in [0.1, 0.15) is 38.3 Å². The number of benzene rings is 8. The highest BCUT2D eigenvalue weighted by Gasteiger charge is 2.23. The molecule has 0 heterocycles. The van der Waals surface area contributed by atoms with Gasteiger partial charge in [0.25, 0.3) is 0 Å². The third-order valence-corrected chi connectivity index (χ3v) is 12.2. The van der Waals surface area contributed by atoms with Gasteiger partial charge in [0.1, 0.15) is 0 Å². The van der Waals surface area contributed by atoms with E-state index in [0.29, 0.717) is 0 Å². The summed E-state index contributed by atoms with van der Waals surface area (Å²) in [5.41, 5.74) is 19.0. The quantitative estimate of drug-likeness (QED) is 0.118. The summed E-state index contributed by atoms with van der Waals surface area (Å²) in [5, 5.41) is 0.